The van der Waals surface area contributed by atoms with Crippen LogP contribution in [0.4, 0.5) is 0 Å². The molecule has 0 bridgehead atoms. The van der Waals surface area contributed by atoms with Crippen LogP contribution in [0.3, 0.4) is 0 Å². The summed E-state index contributed by atoms with van der Waals surface area (Å²) in [4.78, 5) is 23.3. The van der Waals surface area contributed by atoms with Crippen LogP contribution in [0.25, 0.3) is 0 Å². The summed E-state index contributed by atoms with van der Waals surface area (Å²) in [5, 5.41) is 2.64. The molecule has 1 rings (SSSR count). The minimum Gasteiger partial charge on any atom is -0.458 e. The van der Waals surface area contributed by atoms with E-state index in [4.69, 9.17) is 9.47 Å². The lowest BCUT2D eigenvalue weighted by Gasteiger charge is -2.23. The van der Waals surface area contributed by atoms with Crippen molar-refractivity contribution in [3.63, 3.8) is 0 Å². The van der Waals surface area contributed by atoms with Gasteiger partial charge >= 0.3 is 5.97 Å². The second-order valence-corrected chi connectivity index (χ2v) is 5.66. The molecule has 0 aliphatic carbocycles. The van der Waals surface area contributed by atoms with Gasteiger partial charge in [-0.2, -0.15) is 0 Å². The predicted octanol–water partition coefficient (Wildman–Crippen LogP) is 1.40. The van der Waals surface area contributed by atoms with E-state index in [-0.39, 0.29) is 12.0 Å². The summed E-state index contributed by atoms with van der Waals surface area (Å²) in [5.74, 6) is -0.580. The smallest absolute Gasteiger partial charge is 0.328 e. The molecule has 1 aliphatic heterocycles. The maximum atomic E-state index is 11.7. The van der Waals surface area contributed by atoms with Gasteiger partial charge in [-0.05, 0) is 40.5 Å². The number of amides is 1. The van der Waals surface area contributed by atoms with Crippen molar-refractivity contribution in [3.05, 3.63) is 0 Å². The first kappa shape index (κ1) is 15.0. The first-order valence-electron chi connectivity index (χ1n) is 6.42. The molecule has 18 heavy (non-hydrogen) atoms. The molecular weight excluding hydrogens is 234 g/mol. The number of carbonyl (C=O) groups excluding carboxylic acids is 2. The summed E-state index contributed by atoms with van der Waals surface area (Å²) in [7, 11) is 0. The van der Waals surface area contributed by atoms with Crippen LogP contribution >= 0.6 is 0 Å². The van der Waals surface area contributed by atoms with Gasteiger partial charge in [0.05, 0.1) is 12.5 Å². The highest BCUT2D eigenvalue weighted by Gasteiger charge is 2.25. The van der Waals surface area contributed by atoms with E-state index in [1.807, 2.05) is 0 Å². The van der Waals surface area contributed by atoms with E-state index >= 15 is 0 Å². The van der Waals surface area contributed by atoms with Crippen molar-refractivity contribution in [2.45, 2.75) is 64.7 Å². The molecular formula is C13H23NO4. The molecule has 0 saturated carbocycles. The topological polar surface area (TPSA) is 64.6 Å². The molecule has 1 saturated heterocycles. The van der Waals surface area contributed by atoms with Crippen molar-refractivity contribution in [2.24, 2.45) is 0 Å². The average molecular weight is 257 g/mol. The largest absolute Gasteiger partial charge is 0.458 e. The summed E-state index contributed by atoms with van der Waals surface area (Å²) >= 11 is 0. The SMILES string of the molecule is C[C@@H](NC(=O)CC1CCCO1)C(=O)OC(C)(C)C. The maximum absolute atomic E-state index is 11.7. The Labute approximate surface area is 108 Å². The third kappa shape index (κ3) is 5.49. The molecule has 0 aromatic rings. The molecule has 5 heteroatoms. The maximum Gasteiger partial charge on any atom is 0.328 e. The van der Waals surface area contributed by atoms with Gasteiger partial charge in [-0.1, -0.05) is 0 Å². The first-order valence-corrected chi connectivity index (χ1v) is 6.42. The molecule has 1 unspecified atom stereocenters. The van der Waals surface area contributed by atoms with Crippen LogP contribution in [-0.4, -0.2) is 36.2 Å². The monoisotopic (exact) mass is 257 g/mol. The Hall–Kier alpha value is -1.10. The lowest BCUT2D eigenvalue weighted by Crippen LogP contribution is -2.43. The van der Waals surface area contributed by atoms with E-state index in [0.29, 0.717) is 6.42 Å². The van der Waals surface area contributed by atoms with E-state index in [2.05, 4.69) is 5.32 Å². The Balaban J connectivity index is 2.31. The summed E-state index contributed by atoms with van der Waals surface area (Å²) in [6.07, 6.45) is 2.22. The number of hydrogen-bond donors (Lipinski definition) is 1. The predicted molar refractivity (Wildman–Crippen MR) is 67.0 cm³/mol. The lowest BCUT2D eigenvalue weighted by atomic mass is 10.1. The van der Waals surface area contributed by atoms with Crippen molar-refractivity contribution < 1.29 is 19.1 Å². The molecule has 0 radical (unpaired) electrons. The van der Waals surface area contributed by atoms with Crippen molar-refractivity contribution in [1.82, 2.24) is 5.32 Å². The van der Waals surface area contributed by atoms with Crippen LogP contribution in [0.1, 0.15) is 47.0 Å². The Kier molecular flexibility index (Phi) is 5.14. The summed E-state index contributed by atoms with van der Waals surface area (Å²) in [6, 6.07) is -0.627. The highest BCUT2D eigenvalue weighted by atomic mass is 16.6. The zero-order chi connectivity index (χ0) is 13.8. The summed E-state index contributed by atoms with van der Waals surface area (Å²) < 4.78 is 10.6. The third-order valence-corrected chi connectivity index (χ3v) is 2.57. The van der Waals surface area contributed by atoms with E-state index in [9.17, 15) is 9.59 Å². The van der Waals surface area contributed by atoms with Gasteiger partial charge in [-0.15, -0.1) is 0 Å². The Morgan fingerprint density at radius 1 is 1.44 bits per heavy atom. The molecule has 2 atom stereocenters. The molecule has 1 heterocycles. The highest BCUT2D eigenvalue weighted by Crippen LogP contribution is 2.15. The molecule has 1 fully saturated rings. The van der Waals surface area contributed by atoms with Crippen molar-refractivity contribution in [2.75, 3.05) is 6.61 Å². The second-order valence-electron chi connectivity index (χ2n) is 5.66. The van der Waals surface area contributed by atoms with Crippen molar-refractivity contribution in [3.8, 4) is 0 Å². The quantitative estimate of drug-likeness (QED) is 0.773. The minimum absolute atomic E-state index is 0.00386. The highest BCUT2D eigenvalue weighted by molar-refractivity contribution is 5.84. The van der Waals surface area contributed by atoms with Gasteiger partial charge in [0.1, 0.15) is 11.6 Å². The van der Waals surface area contributed by atoms with Crippen LogP contribution in [0.15, 0.2) is 0 Å². The van der Waals surface area contributed by atoms with Gasteiger partial charge in [-0.3, -0.25) is 4.79 Å². The van der Waals surface area contributed by atoms with E-state index in [1.165, 1.54) is 0 Å². The van der Waals surface area contributed by atoms with E-state index in [0.717, 1.165) is 19.4 Å². The Morgan fingerprint density at radius 3 is 2.61 bits per heavy atom. The van der Waals surface area contributed by atoms with Gasteiger partial charge in [0, 0.05) is 6.61 Å². The molecule has 1 N–H and O–H groups in total. The molecule has 104 valence electrons. The number of nitrogens with one attached hydrogen (secondary N) is 1. The number of ether oxygens (including phenoxy) is 2. The van der Waals surface area contributed by atoms with Crippen LogP contribution in [-0.2, 0) is 19.1 Å². The lowest BCUT2D eigenvalue weighted by molar-refractivity contribution is -0.158. The standard InChI is InChI=1S/C13H23NO4/c1-9(12(16)18-13(2,3)4)14-11(15)8-10-6-5-7-17-10/h9-10H,5-8H2,1-4H3,(H,14,15)/t9-,10?/m1/s1. The average Bonchev–Trinajstić information content (AvgIpc) is 2.67. The van der Waals surface area contributed by atoms with E-state index in [1.54, 1.807) is 27.7 Å². The van der Waals surface area contributed by atoms with Crippen LogP contribution in [0.5, 0.6) is 0 Å². The fourth-order valence-electron chi connectivity index (χ4n) is 1.76. The van der Waals surface area contributed by atoms with Crippen LogP contribution in [0.2, 0.25) is 0 Å². The van der Waals surface area contributed by atoms with Gasteiger partial charge in [0.25, 0.3) is 0 Å². The van der Waals surface area contributed by atoms with Crippen molar-refractivity contribution in [1.29, 1.82) is 0 Å². The molecule has 0 aromatic carbocycles. The zero-order valence-corrected chi connectivity index (χ0v) is 11.6. The fourth-order valence-corrected chi connectivity index (χ4v) is 1.76. The van der Waals surface area contributed by atoms with Gasteiger partial charge in [0.2, 0.25) is 5.91 Å². The minimum atomic E-state index is -0.627. The van der Waals surface area contributed by atoms with Crippen molar-refractivity contribution >= 4 is 11.9 Å². The Morgan fingerprint density at radius 2 is 2.11 bits per heavy atom. The summed E-state index contributed by atoms with van der Waals surface area (Å²) in [6.45, 7) is 7.74. The fraction of sp³-hybridized carbons (Fsp3) is 0.846. The molecule has 5 nitrogen and oxygen atoms in total. The number of rotatable bonds is 4. The number of esters is 1. The molecule has 0 aromatic heterocycles. The van der Waals surface area contributed by atoms with Gasteiger partial charge in [-0.25, -0.2) is 4.79 Å². The van der Waals surface area contributed by atoms with Crippen LogP contribution in [0, 0.1) is 0 Å². The third-order valence-electron chi connectivity index (χ3n) is 2.57. The normalized spacial score (nSPS) is 21.4. The Bertz CT molecular complexity index is 303. The number of hydrogen-bond acceptors (Lipinski definition) is 4. The zero-order valence-electron chi connectivity index (χ0n) is 11.6. The van der Waals surface area contributed by atoms with Gasteiger partial charge < -0.3 is 14.8 Å². The number of carbonyl (C=O) groups is 2. The van der Waals surface area contributed by atoms with E-state index < -0.39 is 17.6 Å². The molecule has 0 spiro atoms. The van der Waals surface area contributed by atoms with Gasteiger partial charge in [0.15, 0.2) is 0 Å². The summed E-state index contributed by atoms with van der Waals surface area (Å²) in [5.41, 5.74) is -0.537. The second kappa shape index (κ2) is 6.18. The first-order chi connectivity index (χ1) is 8.28. The molecule has 1 aliphatic rings. The molecule has 1 amide bonds. The van der Waals surface area contributed by atoms with Crippen LogP contribution < -0.4 is 5.32 Å².